The minimum Gasteiger partial charge on any atom is -0.486 e. The minimum atomic E-state index is 0.590. The highest BCUT2D eigenvalue weighted by Gasteiger charge is 2.17. The summed E-state index contributed by atoms with van der Waals surface area (Å²) in [5.41, 5.74) is 1.08. The first kappa shape index (κ1) is 14.7. The first-order valence-corrected chi connectivity index (χ1v) is 8.53. The number of ether oxygens (including phenoxy) is 2. The van der Waals surface area contributed by atoms with Crippen LogP contribution in [0.2, 0.25) is 0 Å². The van der Waals surface area contributed by atoms with E-state index in [1.54, 1.807) is 11.3 Å². The van der Waals surface area contributed by atoms with Gasteiger partial charge in [0.15, 0.2) is 16.6 Å². The topological polar surface area (TPSA) is 43.4 Å². The summed E-state index contributed by atoms with van der Waals surface area (Å²) in [5, 5.41) is 4.30. The smallest absolute Gasteiger partial charge is 0.183 e. The van der Waals surface area contributed by atoms with Crippen LogP contribution in [-0.4, -0.2) is 24.7 Å². The Labute approximate surface area is 136 Å². The van der Waals surface area contributed by atoms with E-state index in [0.717, 1.165) is 38.1 Å². The normalized spacial score (nSPS) is 13.5. The van der Waals surface area contributed by atoms with Crippen molar-refractivity contribution in [3.05, 3.63) is 22.8 Å². The Bertz CT molecular complexity index is 643. The molecule has 2 aromatic rings. The molecule has 0 amide bonds. The van der Waals surface area contributed by atoms with Gasteiger partial charge in [-0.2, -0.15) is 0 Å². The van der Waals surface area contributed by atoms with Crippen LogP contribution in [0.3, 0.4) is 0 Å². The van der Waals surface area contributed by atoms with E-state index in [1.165, 1.54) is 0 Å². The van der Waals surface area contributed by atoms with Crippen molar-refractivity contribution in [1.82, 2.24) is 4.98 Å². The fraction of sp³-hybridized carbons (Fsp3) is 0.400. The molecule has 3 rings (SSSR count). The predicted molar refractivity (Wildman–Crippen MR) is 89.6 cm³/mol. The molecule has 112 valence electrons. The van der Waals surface area contributed by atoms with Gasteiger partial charge in [-0.05, 0) is 39.5 Å². The van der Waals surface area contributed by atoms with Crippen molar-refractivity contribution < 1.29 is 9.47 Å². The van der Waals surface area contributed by atoms with Crippen LogP contribution in [0.4, 0.5) is 5.13 Å². The minimum absolute atomic E-state index is 0.590. The largest absolute Gasteiger partial charge is 0.486 e. The molecule has 1 aromatic heterocycles. The Hall–Kier alpha value is -1.27. The molecule has 0 saturated heterocycles. The summed E-state index contributed by atoms with van der Waals surface area (Å²) in [7, 11) is 0. The molecule has 4 nitrogen and oxygen atoms in total. The van der Waals surface area contributed by atoms with Gasteiger partial charge in [0, 0.05) is 12.7 Å². The number of halogens is 1. The number of rotatable bonds is 4. The maximum Gasteiger partial charge on any atom is 0.183 e. The molecule has 0 bridgehead atoms. The van der Waals surface area contributed by atoms with Crippen LogP contribution >= 0.6 is 27.3 Å². The Balaban J connectivity index is 1.85. The fourth-order valence-electron chi connectivity index (χ4n) is 2.03. The second-order valence-electron chi connectivity index (χ2n) is 5.29. The van der Waals surface area contributed by atoms with E-state index in [1.807, 2.05) is 18.3 Å². The third-order valence-corrected chi connectivity index (χ3v) is 4.64. The average Bonchev–Trinajstić information content (AvgIpc) is 2.94. The first-order chi connectivity index (χ1) is 10.1. The SMILES string of the molecule is CC(C)CNc1ncc(-c2cc(Br)c3c(c2)OCCO3)s1. The number of benzene rings is 1. The lowest BCUT2D eigenvalue weighted by molar-refractivity contribution is 0.170. The Morgan fingerprint density at radius 1 is 1.33 bits per heavy atom. The zero-order valence-electron chi connectivity index (χ0n) is 12.0. The number of nitrogens with one attached hydrogen (secondary N) is 1. The molecule has 1 aromatic carbocycles. The maximum atomic E-state index is 5.67. The number of thiazole rings is 1. The van der Waals surface area contributed by atoms with Crippen LogP contribution < -0.4 is 14.8 Å². The van der Waals surface area contributed by atoms with Gasteiger partial charge in [-0.25, -0.2) is 4.98 Å². The van der Waals surface area contributed by atoms with Gasteiger partial charge in [-0.1, -0.05) is 25.2 Å². The lowest BCUT2D eigenvalue weighted by Crippen LogP contribution is -2.15. The molecule has 0 radical (unpaired) electrons. The van der Waals surface area contributed by atoms with E-state index in [9.17, 15) is 0 Å². The van der Waals surface area contributed by atoms with E-state index in [4.69, 9.17) is 9.47 Å². The van der Waals surface area contributed by atoms with Gasteiger partial charge in [-0.15, -0.1) is 0 Å². The van der Waals surface area contributed by atoms with Crippen molar-refractivity contribution in [2.24, 2.45) is 5.92 Å². The highest BCUT2D eigenvalue weighted by Crippen LogP contribution is 2.42. The van der Waals surface area contributed by atoms with Gasteiger partial charge in [-0.3, -0.25) is 0 Å². The number of fused-ring (bicyclic) bond motifs is 1. The molecule has 0 aliphatic carbocycles. The highest BCUT2D eigenvalue weighted by molar-refractivity contribution is 9.10. The second kappa shape index (κ2) is 6.23. The lowest BCUT2D eigenvalue weighted by atomic mass is 10.2. The van der Waals surface area contributed by atoms with Gasteiger partial charge in [0.25, 0.3) is 0 Å². The standard InChI is InChI=1S/C15H17BrN2O2S/c1-9(2)7-17-15-18-8-13(21-15)10-5-11(16)14-12(6-10)19-3-4-20-14/h5-6,8-9H,3-4,7H2,1-2H3,(H,17,18). The Morgan fingerprint density at radius 3 is 2.95 bits per heavy atom. The third-order valence-electron chi connectivity index (χ3n) is 3.05. The van der Waals surface area contributed by atoms with Gasteiger partial charge in [0.05, 0.1) is 9.35 Å². The summed E-state index contributed by atoms with van der Waals surface area (Å²) in [6, 6.07) is 4.06. The Morgan fingerprint density at radius 2 is 2.14 bits per heavy atom. The lowest BCUT2D eigenvalue weighted by Gasteiger charge is -2.20. The number of hydrogen-bond donors (Lipinski definition) is 1. The summed E-state index contributed by atoms with van der Waals surface area (Å²) in [5.74, 6) is 2.17. The summed E-state index contributed by atoms with van der Waals surface area (Å²) >= 11 is 5.20. The maximum absolute atomic E-state index is 5.67. The van der Waals surface area contributed by atoms with E-state index in [0.29, 0.717) is 19.1 Å². The molecule has 0 atom stereocenters. The first-order valence-electron chi connectivity index (χ1n) is 6.92. The van der Waals surface area contributed by atoms with Gasteiger partial charge < -0.3 is 14.8 Å². The van der Waals surface area contributed by atoms with Crippen LogP contribution in [0.15, 0.2) is 22.8 Å². The third kappa shape index (κ3) is 3.32. The zero-order valence-corrected chi connectivity index (χ0v) is 14.4. The van der Waals surface area contributed by atoms with Crippen molar-refractivity contribution in [2.75, 3.05) is 25.1 Å². The van der Waals surface area contributed by atoms with Gasteiger partial charge in [0.2, 0.25) is 0 Å². The number of anilines is 1. The van der Waals surface area contributed by atoms with Crippen LogP contribution in [0.1, 0.15) is 13.8 Å². The quantitative estimate of drug-likeness (QED) is 0.867. The van der Waals surface area contributed by atoms with E-state index >= 15 is 0 Å². The molecule has 1 aliphatic heterocycles. The van der Waals surface area contributed by atoms with Gasteiger partial charge >= 0.3 is 0 Å². The van der Waals surface area contributed by atoms with Crippen LogP contribution in [-0.2, 0) is 0 Å². The molecule has 1 aliphatic rings. The number of aromatic nitrogens is 1. The van der Waals surface area contributed by atoms with E-state index in [-0.39, 0.29) is 0 Å². The monoisotopic (exact) mass is 368 g/mol. The molecular weight excluding hydrogens is 352 g/mol. The van der Waals surface area contributed by atoms with Crippen molar-refractivity contribution >= 4 is 32.4 Å². The zero-order chi connectivity index (χ0) is 14.8. The molecule has 21 heavy (non-hydrogen) atoms. The molecular formula is C15H17BrN2O2S. The van der Waals surface area contributed by atoms with Gasteiger partial charge in [0.1, 0.15) is 13.2 Å². The predicted octanol–water partition coefficient (Wildman–Crippen LogP) is 4.41. The van der Waals surface area contributed by atoms with Crippen molar-refractivity contribution in [2.45, 2.75) is 13.8 Å². The van der Waals surface area contributed by atoms with Crippen LogP contribution in [0.5, 0.6) is 11.5 Å². The van der Waals surface area contributed by atoms with Crippen LogP contribution in [0.25, 0.3) is 10.4 Å². The van der Waals surface area contributed by atoms with Crippen LogP contribution in [0, 0.1) is 5.92 Å². The van der Waals surface area contributed by atoms with Crippen molar-refractivity contribution in [3.8, 4) is 21.9 Å². The van der Waals surface area contributed by atoms with E-state index in [2.05, 4.69) is 40.1 Å². The molecule has 0 unspecified atom stereocenters. The number of nitrogens with zero attached hydrogens (tertiary/aromatic N) is 1. The molecule has 0 saturated carbocycles. The molecule has 6 heteroatoms. The summed E-state index contributed by atoms with van der Waals surface area (Å²) in [6.07, 6.45) is 1.89. The Kier molecular flexibility index (Phi) is 4.35. The molecule has 0 spiro atoms. The molecule has 2 heterocycles. The van der Waals surface area contributed by atoms with E-state index < -0.39 is 0 Å². The summed E-state index contributed by atoms with van der Waals surface area (Å²) in [4.78, 5) is 5.54. The van der Waals surface area contributed by atoms with Crippen molar-refractivity contribution in [3.63, 3.8) is 0 Å². The average molecular weight is 369 g/mol. The highest BCUT2D eigenvalue weighted by atomic mass is 79.9. The summed E-state index contributed by atoms with van der Waals surface area (Å²) in [6.45, 7) is 6.47. The molecule has 1 N–H and O–H groups in total. The second-order valence-corrected chi connectivity index (χ2v) is 7.17. The fourth-order valence-corrected chi connectivity index (χ4v) is 3.40. The number of hydrogen-bond acceptors (Lipinski definition) is 5. The summed E-state index contributed by atoms with van der Waals surface area (Å²) < 4.78 is 12.2. The molecule has 0 fully saturated rings. The van der Waals surface area contributed by atoms with Crippen molar-refractivity contribution in [1.29, 1.82) is 0 Å².